The highest BCUT2D eigenvalue weighted by Gasteiger charge is 2.26. The van der Waals surface area contributed by atoms with E-state index in [1.54, 1.807) is 24.3 Å². The molecule has 2 aromatic heterocycles. The maximum absolute atomic E-state index is 14.8. The summed E-state index contributed by atoms with van der Waals surface area (Å²) in [6, 6.07) is 22.2. The molecule has 288 valence electrons. The summed E-state index contributed by atoms with van der Waals surface area (Å²) >= 11 is 0. The molecule has 0 unspecified atom stereocenters. The number of nitrogens with zero attached hydrogens (tertiary/aromatic N) is 6. The number of primary amides is 1. The van der Waals surface area contributed by atoms with Crippen molar-refractivity contribution in [1.29, 1.82) is 0 Å². The van der Waals surface area contributed by atoms with Gasteiger partial charge in [0, 0.05) is 87.5 Å². The first-order valence-electron chi connectivity index (χ1n) is 19.7. The summed E-state index contributed by atoms with van der Waals surface area (Å²) in [6.07, 6.45) is 4.35. The molecule has 3 N–H and O–H groups in total. The Labute approximate surface area is 324 Å². The van der Waals surface area contributed by atoms with E-state index in [-0.39, 0.29) is 11.9 Å². The summed E-state index contributed by atoms with van der Waals surface area (Å²) in [5.41, 5.74) is 15.9. The Balaban J connectivity index is 1.27. The molecule has 0 spiro atoms. The number of aryl methyl sites for hydroxylation is 2. The van der Waals surface area contributed by atoms with Crippen LogP contribution >= 0.6 is 0 Å². The molecule has 0 saturated carbocycles. The Hall–Kier alpha value is -5.10. The molecule has 0 radical (unpaired) electrons. The number of hydrogen-bond donors (Lipinski definition) is 2. The smallest absolute Gasteiger partial charge is 0.254 e. The van der Waals surface area contributed by atoms with Gasteiger partial charge in [-0.1, -0.05) is 49.4 Å². The Morgan fingerprint density at radius 3 is 2.44 bits per heavy atom. The number of pyridine rings is 1. The number of likely N-dealkylation sites (N-methyl/N-ethyl adjacent to an activating group) is 1. The SMILES string of the molecule is CCc1nc2c(cnn2CC)c(NC2CCOCC2)c1CN(Cc1cccc(-c2cccc(CN3CCN(C)CC3)c2)c1C)C(=O)c1cccc(C(N)=O)c1. The van der Waals surface area contributed by atoms with Crippen LogP contribution in [0.15, 0.2) is 72.9 Å². The monoisotopic (exact) mass is 742 g/mol. The average molecular weight is 743 g/mol. The number of hydrogen-bond acceptors (Lipinski definition) is 8. The number of nitrogens with one attached hydrogen (secondary N) is 1. The lowest BCUT2D eigenvalue weighted by Gasteiger charge is -2.32. The molecule has 0 atom stereocenters. The van der Waals surface area contributed by atoms with E-state index in [9.17, 15) is 9.59 Å². The molecular weight excluding hydrogens is 689 g/mol. The van der Waals surface area contributed by atoms with Crippen molar-refractivity contribution in [2.75, 3.05) is 51.8 Å². The van der Waals surface area contributed by atoms with E-state index in [2.05, 4.69) is 85.4 Å². The summed E-state index contributed by atoms with van der Waals surface area (Å²) in [6.45, 7) is 14.3. The van der Waals surface area contributed by atoms with Gasteiger partial charge in [-0.2, -0.15) is 5.10 Å². The largest absolute Gasteiger partial charge is 0.381 e. The van der Waals surface area contributed by atoms with Gasteiger partial charge in [-0.3, -0.25) is 14.5 Å². The van der Waals surface area contributed by atoms with Crippen LogP contribution in [-0.2, 0) is 37.3 Å². The quantitative estimate of drug-likeness (QED) is 0.145. The molecule has 11 heteroatoms. The molecule has 2 aliphatic rings. The lowest BCUT2D eigenvalue weighted by Crippen LogP contribution is -2.43. The second-order valence-electron chi connectivity index (χ2n) is 15.0. The third-order valence-corrected chi connectivity index (χ3v) is 11.3. The number of benzene rings is 3. The van der Waals surface area contributed by atoms with Crippen LogP contribution in [0.2, 0.25) is 0 Å². The van der Waals surface area contributed by atoms with Crippen molar-refractivity contribution in [3.63, 3.8) is 0 Å². The van der Waals surface area contributed by atoms with Crippen LogP contribution in [0.1, 0.15) is 75.4 Å². The number of fused-ring (bicyclic) bond motifs is 1. The van der Waals surface area contributed by atoms with Gasteiger partial charge in [-0.25, -0.2) is 9.67 Å². The van der Waals surface area contributed by atoms with Gasteiger partial charge >= 0.3 is 0 Å². The molecule has 11 nitrogen and oxygen atoms in total. The zero-order valence-corrected chi connectivity index (χ0v) is 32.7. The van der Waals surface area contributed by atoms with E-state index < -0.39 is 5.91 Å². The minimum atomic E-state index is -0.571. The maximum atomic E-state index is 14.8. The Morgan fingerprint density at radius 2 is 1.69 bits per heavy atom. The highest BCUT2D eigenvalue weighted by atomic mass is 16.5. The van der Waals surface area contributed by atoms with Crippen molar-refractivity contribution in [3.05, 3.63) is 112 Å². The molecule has 2 aliphatic heterocycles. The molecule has 4 heterocycles. The predicted molar refractivity (Wildman–Crippen MR) is 218 cm³/mol. The number of carbonyl (C=O) groups excluding carboxylic acids is 2. The lowest BCUT2D eigenvalue weighted by molar-refractivity contribution is 0.0729. The Morgan fingerprint density at radius 1 is 0.945 bits per heavy atom. The van der Waals surface area contributed by atoms with Crippen LogP contribution in [0.25, 0.3) is 22.2 Å². The van der Waals surface area contributed by atoms with Crippen LogP contribution < -0.4 is 11.1 Å². The first-order chi connectivity index (χ1) is 26.7. The van der Waals surface area contributed by atoms with Crippen LogP contribution in [0, 0.1) is 6.92 Å². The summed E-state index contributed by atoms with van der Waals surface area (Å²) < 4.78 is 7.63. The van der Waals surface area contributed by atoms with Gasteiger partial charge in [0.05, 0.1) is 23.8 Å². The molecule has 0 bridgehead atoms. The topological polar surface area (TPSA) is 122 Å². The van der Waals surface area contributed by atoms with E-state index in [1.165, 1.54) is 5.56 Å². The highest BCUT2D eigenvalue weighted by molar-refractivity contribution is 5.99. The molecule has 2 fully saturated rings. The van der Waals surface area contributed by atoms with Gasteiger partial charge in [-0.05, 0) is 92.2 Å². The van der Waals surface area contributed by atoms with Crippen molar-refractivity contribution in [2.45, 2.75) is 72.3 Å². The van der Waals surface area contributed by atoms with Crippen molar-refractivity contribution < 1.29 is 14.3 Å². The van der Waals surface area contributed by atoms with Gasteiger partial charge in [0.15, 0.2) is 5.65 Å². The molecule has 2 amide bonds. The van der Waals surface area contributed by atoms with E-state index >= 15 is 0 Å². The summed E-state index contributed by atoms with van der Waals surface area (Å²) in [5.74, 6) is -0.760. The summed E-state index contributed by atoms with van der Waals surface area (Å²) in [7, 11) is 2.18. The third kappa shape index (κ3) is 8.59. The van der Waals surface area contributed by atoms with E-state index in [4.69, 9.17) is 20.6 Å². The lowest BCUT2D eigenvalue weighted by atomic mass is 9.94. The third-order valence-electron chi connectivity index (χ3n) is 11.3. The molecule has 5 aromatic rings. The molecular formula is C44H54N8O3. The van der Waals surface area contributed by atoms with E-state index in [1.807, 2.05) is 15.8 Å². The van der Waals surface area contributed by atoms with E-state index in [0.29, 0.717) is 50.4 Å². The van der Waals surface area contributed by atoms with E-state index in [0.717, 1.165) is 95.8 Å². The van der Waals surface area contributed by atoms with Crippen LogP contribution in [0.5, 0.6) is 0 Å². The summed E-state index contributed by atoms with van der Waals surface area (Å²) in [4.78, 5) is 38.9. The fourth-order valence-electron chi connectivity index (χ4n) is 7.93. The first-order valence-corrected chi connectivity index (χ1v) is 19.7. The fraction of sp³-hybridized carbons (Fsp3) is 0.409. The van der Waals surface area contributed by atoms with Crippen LogP contribution in [-0.4, -0.2) is 93.8 Å². The van der Waals surface area contributed by atoms with Crippen molar-refractivity contribution >= 4 is 28.5 Å². The normalized spacial score (nSPS) is 15.7. The summed E-state index contributed by atoms with van der Waals surface area (Å²) in [5, 5.41) is 9.51. The molecule has 2 saturated heterocycles. The Bertz CT molecular complexity index is 2150. The van der Waals surface area contributed by atoms with Crippen LogP contribution in [0.3, 0.4) is 0 Å². The average Bonchev–Trinajstić information content (AvgIpc) is 3.63. The fourth-order valence-corrected chi connectivity index (χ4v) is 7.93. The zero-order valence-electron chi connectivity index (χ0n) is 32.7. The zero-order chi connectivity index (χ0) is 38.5. The number of amides is 2. The van der Waals surface area contributed by atoms with Crippen molar-refractivity contribution in [1.82, 2.24) is 29.5 Å². The van der Waals surface area contributed by atoms with Gasteiger partial charge in [-0.15, -0.1) is 0 Å². The molecule has 55 heavy (non-hydrogen) atoms. The highest BCUT2D eigenvalue weighted by Crippen LogP contribution is 2.34. The number of piperazine rings is 1. The molecule has 7 rings (SSSR count). The number of rotatable bonds is 13. The second kappa shape index (κ2) is 17.1. The van der Waals surface area contributed by atoms with Gasteiger partial charge < -0.3 is 25.6 Å². The number of aromatic nitrogens is 3. The van der Waals surface area contributed by atoms with Gasteiger partial charge in [0.25, 0.3) is 5.91 Å². The van der Waals surface area contributed by atoms with Crippen molar-refractivity contribution in [3.8, 4) is 11.1 Å². The second-order valence-corrected chi connectivity index (χ2v) is 15.0. The maximum Gasteiger partial charge on any atom is 0.254 e. The number of nitrogens with two attached hydrogens (primary N) is 1. The van der Waals surface area contributed by atoms with Crippen molar-refractivity contribution in [2.24, 2.45) is 5.73 Å². The minimum absolute atomic E-state index is 0.189. The van der Waals surface area contributed by atoms with Crippen LogP contribution in [0.4, 0.5) is 5.69 Å². The van der Waals surface area contributed by atoms with Gasteiger partial charge in [0.1, 0.15) is 0 Å². The molecule has 0 aliphatic carbocycles. The first kappa shape index (κ1) is 38.2. The minimum Gasteiger partial charge on any atom is -0.381 e. The number of carbonyl (C=O) groups is 2. The standard InChI is InChI=1S/C44H54N8O3/c1-5-40-39(41(47-36-16-22-55-23-17-36)38-26-46-52(6-2)43(38)48-40)29-51(44(54)34-13-8-12-33(25-34)42(45)53)28-35-14-9-15-37(30(35)3)32-11-7-10-31(24-32)27-50-20-18-49(4)19-21-50/h7-15,24-26,36H,5-6,16-23,27-29H2,1-4H3,(H2,45,53)(H,47,48). The Kier molecular flexibility index (Phi) is 11.9. The van der Waals surface area contributed by atoms with Gasteiger partial charge in [0.2, 0.25) is 5.91 Å². The molecule has 3 aromatic carbocycles. The number of anilines is 1. The predicted octanol–water partition coefficient (Wildman–Crippen LogP) is 6.27. The number of ether oxygens (including phenoxy) is 1.